The minimum Gasteiger partial charge on any atom is -0.478 e. The number of benzene rings is 1. The maximum absolute atomic E-state index is 13.5. The van der Waals surface area contributed by atoms with Gasteiger partial charge in [0.2, 0.25) is 0 Å². The predicted molar refractivity (Wildman–Crippen MR) is 64.2 cm³/mol. The van der Waals surface area contributed by atoms with Crippen molar-refractivity contribution in [1.82, 2.24) is 4.98 Å². The summed E-state index contributed by atoms with van der Waals surface area (Å²) in [4.78, 5) is 15.1. The third kappa shape index (κ3) is 2.70. The first-order chi connectivity index (χ1) is 8.58. The third-order valence-electron chi connectivity index (χ3n) is 2.39. The number of nitrogens with zero attached hydrogens (tertiary/aromatic N) is 1. The maximum Gasteiger partial charge on any atom is 0.335 e. The van der Waals surface area contributed by atoms with E-state index >= 15 is 0 Å². The van der Waals surface area contributed by atoms with Crippen LogP contribution in [0.25, 0.3) is 0 Å². The van der Waals surface area contributed by atoms with E-state index in [-0.39, 0.29) is 10.5 Å². The number of aromatic carboxylic acids is 1. The molecular weight excluding hydrogens is 257 g/mol. The Labute approximate surface area is 107 Å². The van der Waals surface area contributed by atoms with Crippen LogP contribution in [-0.2, 0) is 5.75 Å². The predicted octanol–water partition coefficient (Wildman–Crippen LogP) is 3.11. The van der Waals surface area contributed by atoms with Gasteiger partial charge in [-0.25, -0.2) is 14.2 Å². The van der Waals surface area contributed by atoms with Gasteiger partial charge in [0.25, 0.3) is 0 Å². The molecule has 0 bridgehead atoms. The van der Waals surface area contributed by atoms with E-state index in [0.29, 0.717) is 11.5 Å². The van der Waals surface area contributed by atoms with Gasteiger partial charge in [0.15, 0.2) is 6.39 Å². The largest absolute Gasteiger partial charge is 0.478 e. The third-order valence-corrected chi connectivity index (χ3v) is 3.43. The minimum atomic E-state index is -1.07. The van der Waals surface area contributed by atoms with Gasteiger partial charge in [-0.15, -0.1) is 11.8 Å². The molecule has 94 valence electrons. The molecule has 0 aliphatic rings. The molecular formula is C12H10FNO3S. The Hall–Kier alpha value is -1.82. The van der Waals surface area contributed by atoms with Crippen LogP contribution in [0.4, 0.5) is 4.39 Å². The molecule has 2 aromatic rings. The molecule has 0 radical (unpaired) electrons. The van der Waals surface area contributed by atoms with Crippen molar-refractivity contribution >= 4 is 17.7 Å². The first kappa shape index (κ1) is 12.6. The van der Waals surface area contributed by atoms with Crippen LogP contribution >= 0.6 is 11.8 Å². The van der Waals surface area contributed by atoms with Crippen LogP contribution in [0.3, 0.4) is 0 Å². The van der Waals surface area contributed by atoms with Gasteiger partial charge >= 0.3 is 5.97 Å². The normalized spacial score (nSPS) is 10.6. The van der Waals surface area contributed by atoms with Crippen LogP contribution in [0.15, 0.2) is 33.9 Å². The molecule has 0 saturated carbocycles. The lowest BCUT2D eigenvalue weighted by atomic mass is 10.2. The molecule has 0 aliphatic heterocycles. The average Bonchev–Trinajstić information content (AvgIpc) is 2.73. The molecule has 0 aliphatic carbocycles. The van der Waals surface area contributed by atoms with Crippen molar-refractivity contribution in [3.63, 3.8) is 0 Å². The lowest BCUT2D eigenvalue weighted by Gasteiger charge is -2.03. The zero-order valence-corrected chi connectivity index (χ0v) is 10.3. The van der Waals surface area contributed by atoms with Crippen LogP contribution in [0.2, 0.25) is 0 Å². The molecule has 0 unspecified atom stereocenters. The Morgan fingerprint density at radius 3 is 2.94 bits per heavy atom. The van der Waals surface area contributed by atoms with E-state index in [0.717, 1.165) is 11.8 Å². The summed E-state index contributed by atoms with van der Waals surface area (Å²) in [6, 6.07) is 3.71. The number of thioether (sulfide) groups is 1. The Bertz CT molecular complexity index is 582. The second-order valence-electron chi connectivity index (χ2n) is 3.59. The summed E-state index contributed by atoms with van der Waals surface area (Å²) in [5, 5.41) is 8.84. The molecule has 0 saturated heterocycles. The van der Waals surface area contributed by atoms with Crippen molar-refractivity contribution in [3.05, 3.63) is 47.4 Å². The summed E-state index contributed by atoms with van der Waals surface area (Å²) in [6.45, 7) is 1.77. The van der Waals surface area contributed by atoms with E-state index in [1.54, 1.807) is 6.92 Å². The molecule has 1 aromatic heterocycles. The molecule has 0 amide bonds. The fourth-order valence-electron chi connectivity index (χ4n) is 1.36. The van der Waals surface area contributed by atoms with Gasteiger partial charge in [0, 0.05) is 10.6 Å². The van der Waals surface area contributed by atoms with Gasteiger partial charge in [-0.2, -0.15) is 0 Å². The highest BCUT2D eigenvalue weighted by Crippen LogP contribution is 2.27. The minimum absolute atomic E-state index is 0.0655. The number of carboxylic acids is 1. The highest BCUT2D eigenvalue weighted by Gasteiger charge is 2.10. The number of oxazole rings is 1. The van der Waals surface area contributed by atoms with E-state index < -0.39 is 11.8 Å². The monoisotopic (exact) mass is 267 g/mol. The standard InChI is InChI=1S/C12H10FNO3S/c1-7-10(14-6-17-7)5-18-11-4-8(12(15)16)2-3-9(11)13/h2-4,6H,5H2,1H3,(H,15,16). The van der Waals surface area contributed by atoms with Gasteiger partial charge in [0.05, 0.1) is 11.3 Å². The van der Waals surface area contributed by atoms with E-state index in [4.69, 9.17) is 9.52 Å². The van der Waals surface area contributed by atoms with Crippen molar-refractivity contribution in [2.75, 3.05) is 0 Å². The highest BCUT2D eigenvalue weighted by molar-refractivity contribution is 7.98. The fourth-order valence-corrected chi connectivity index (χ4v) is 2.35. The van der Waals surface area contributed by atoms with Crippen LogP contribution in [0.1, 0.15) is 21.8 Å². The molecule has 0 atom stereocenters. The van der Waals surface area contributed by atoms with Crippen LogP contribution in [0, 0.1) is 12.7 Å². The molecule has 1 heterocycles. The quantitative estimate of drug-likeness (QED) is 0.862. The maximum atomic E-state index is 13.5. The Morgan fingerprint density at radius 2 is 2.33 bits per heavy atom. The van der Waals surface area contributed by atoms with Gasteiger partial charge in [0.1, 0.15) is 11.6 Å². The molecule has 0 fully saturated rings. The lowest BCUT2D eigenvalue weighted by Crippen LogP contribution is -1.97. The van der Waals surface area contributed by atoms with Gasteiger partial charge in [-0.1, -0.05) is 0 Å². The number of halogens is 1. The topological polar surface area (TPSA) is 63.3 Å². The van der Waals surface area contributed by atoms with E-state index in [9.17, 15) is 9.18 Å². The first-order valence-electron chi connectivity index (χ1n) is 5.12. The number of rotatable bonds is 4. The number of carbonyl (C=O) groups is 1. The van der Waals surface area contributed by atoms with Gasteiger partial charge in [-0.05, 0) is 25.1 Å². The van der Waals surface area contributed by atoms with Crippen molar-refractivity contribution in [2.24, 2.45) is 0 Å². The van der Waals surface area contributed by atoms with Crippen LogP contribution in [-0.4, -0.2) is 16.1 Å². The summed E-state index contributed by atoms with van der Waals surface area (Å²) in [5.41, 5.74) is 0.788. The Balaban J connectivity index is 2.16. The number of carboxylic acid groups (broad SMARTS) is 1. The molecule has 6 heteroatoms. The highest BCUT2D eigenvalue weighted by atomic mass is 32.2. The summed E-state index contributed by atoms with van der Waals surface area (Å²) in [5.74, 6) is -0.402. The molecule has 1 aromatic carbocycles. The Morgan fingerprint density at radius 1 is 1.56 bits per heavy atom. The molecule has 18 heavy (non-hydrogen) atoms. The zero-order valence-electron chi connectivity index (χ0n) is 9.51. The number of hydrogen-bond acceptors (Lipinski definition) is 4. The van der Waals surface area contributed by atoms with Gasteiger partial charge < -0.3 is 9.52 Å². The second kappa shape index (κ2) is 5.22. The lowest BCUT2D eigenvalue weighted by molar-refractivity contribution is 0.0696. The fraction of sp³-hybridized carbons (Fsp3) is 0.167. The second-order valence-corrected chi connectivity index (χ2v) is 4.61. The Kier molecular flexibility index (Phi) is 3.66. The van der Waals surface area contributed by atoms with Crippen molar-refractivity contribution in [1.29, 1.82) is 0 Å². The van der Waals surface area contributed by atoms with Gasteiger partial charge in [-0.3, -0.25) is 0 Å². The zero-order chi connectivity index (χ0) is 13.1. The summed E-state index contributed by atoms with van der Waals surface area (Å²) in [6.07, 6.45) is 1.33. The van der Waals surface area contributed by atoms with E-state index in [2.05, 4.69) is 4.98 Å². The van der Waals surface area contributed by atoms with Crippen molar-refractivity contribution < 1.29 is 18.7 Å². The van der Waals surface area contributed by atoms with E-state index in [1.807, 2.05) is 0 Å². The molecule has 1 N–H and O–H groups in total. The summed E-state index contributed by atoms with van der Waals surface area (Å²) in [7, 11) is 0. The molecule has 2 rings (SSSR count). The number of aromatic nitrogens is 1. The summed E-state index contributed by atoms with van der Waals surface area (Å²) >= 11 is 1.19. The average molecular weight is 267 g/mol. The van der Waals surface area contributed by atoms with Crippen LogP contribution < -0.4 is 0 Å². The first-order valence-corrected chi connectivity index (χ1v) is 6.11. The van der Waals surface area contributed by atoms with Crippen molar-refractivity contribution in [2.45, 2.75) is 17.6 Å². The SMILES string of the molecule is Cc1ocnc1CSc1cc(C(=O)O)ccc1F. The van der Waals surface area contributed by atoms with Crippen molar-refractivity contribution in [3.8, 4) is 0 Å². The number of hydrogen-bond donors (Lipinski definition) is 1. The van der Waals surface area contributed by atoms with E-state index in [1.165, 1.54) is 30.3 Å². The molecule has 4 nitrogen and oxygen atoms in total. The molecule has 0 spiro atoms. The van der Waals surface area contributed by atoms with Crippen LogP contribution in [0.5, 0.6) is 0 Å². The summed E-state index contributed by atoms with van der Waals surface area (Å²) < 4.78 is 18.5. The smallest absolute Gasteiger partial charge is 0.335 e. The number of aryl methyl sites for hydroxylation is 1.